The number of rotatable bonds is 11. The molecule has 6 heteroatoms. The van der Waals surface area contributed by atoms with Crippen molar-refractivity contribution in [2.45, 2.75) is 39.5 Å². The van der Waals surface area contributed by atoms with Gasteiger partial charge >= 0.3 is 12.0 Å². The molecule has 0 radical (unpaired) electrons. The Morgan fingerprint density at radius 2 is 1.89 bits per heavy atom. The Balaban J connectivity index is 3.61. The van der Waals surface area contributed by atoms with Gasteiger partial charge in [0, 0.05) is 32.8 Å². The summed E-state index contributed by atoms with van der Waals surface area (Å²) in [5.41, 5.74) is 0. The van der Waals surface area contributed by atoms with E-state index in [0.29, 0.717) is 19.7 Å². The third-order valence-electron chi connectivity index (χ3n) is 2.65. The number of carboxylic acids is 1. The van der Waals surface area contributed by atoms with Crippen LogP contribution in [0, 0.1) is 0 Å². The highest BCUT2D eigenvalue weighted by molar-refractivity contribution is 5.75. The summed E-state index contributed by atoms with van der Waals surface area (Å²) in [5, 5.41) is 11.3. The van der Waals surface area contributed by atoms with Crippen LogP contribution < -0.4 is 5.32 Å². The minimum atomic E-state index is -0.893. The van der Waals surface area contributed by atoms with E-state index >= 15 is 0 Å². The first-order valence-corrected chi connectivity index (χ1v) is 6.94. The number of hydrogen-bond acceptors (Lipinski definition) is 3. The van der Waals surface area contributed by atoms with E-state index in [0.717, 1.165) is 25.9 Å². The molecule has 0 saturated carbocycles. The van der Waals surface area contributed by atoms with Gasteiger partial charge in [-0.05, 0) is 19.8 Å². The number of ether oxygens (including phenoxy) is 1. The fourth-order valence-corrected chi connectivity index (χ4v) is 1.46. The number of urea groups is 1. The predicted molar refractivity (Wildman–Crippen MR) is 73.2 cm³/mol. The van der Waals surface area contributed by atoms with Gasteiger partial charge < -0.3 is 20.1 Å². The Labute approximate surface area is 115 Å². The fourth-order valence-electron chi connectivity index (χ4n) is 1.46. The largest absolute Gasteiger partial charge is 0.481 e. The van der Waals surface area contributed by atoms with E-state index in [1.807, 2.05) is 6.92 Å². The lowest BCUT2D eigenvalue weighted by Crippen LogP contribution is -2.41. The van der Waals surface area contributed by atoms with Crippen molar-refractivity contribution in [3.05, 3.63) is 0 Å². The maximum absolute atomic E-state index is 11.7. The second kappa shape index (κ2) is 11.8. The Bertz CT molecular complexity index is 259. The molecule has 0 atom stereocenters. The van der Waals surface area contributed by atoms with Crippen molar-refractivity contribution >= 4 is 12.0 Å². The van der Waals surface area contributed by atoms with Crippen LogP contribution in [0.15, 0.2) is 0 Å². The normalized spacial score (nSPS) is 10.2. The van der Waals surface area contributed by atoms with Gasteiger partial charge in [-0.25, -0.2) is 4.79 Å². The van der Waals surface area contributed by atoms with Crippen LogP contribution in [0.2, 0.25) is 0 Å². The molecule has 0 rings (SSSR count). The molecule has 2 amide bonds. The molecule has 0 aliphatic rings. The van der Waals surface area contributed by atoms with Gasteiger partial charge in [0.15, 0.2) is 0 Å². The Morgan fingerprint density at radius 1 is 1.21 bits per heavy atom. The average molecular weight is 274 g/mol. The van der Waals surface area contributed by atoms with Gasteiger partial charge in [0.25, 0.3) is 0 Å². The highest BCUT2D eigenvalue weighted by atomic mass is 16.5. The number of carbonyl (C=O) groups is 2. The van der Waals surface area contributed by atoms with E-state index in [4.69, 9.17) is 9.84 Å². The lowest BCUT2D eigenvalue weighted by Gasteiger charge is -2.20. The zero-order valence-corrected chi connectivity index (χ0v) is 12.0. The van der Waals surface area contributed by atoms with Crippen molar-refractivity contribution in [1.82, 2.24) is 10.2 Å². The lowest BCUT2D eigenvalue weighted by atomic mass is 10.3. The number of carbonyl (C=O) groups excluding carboxylic acids is 1. The van der Waals surface area contributed by atoms with Crippen LogP contribution in [-0.4, -0.2) is 54.9 Å². The molecule has 0 saturated heterocycles. The number of hydrogen-bond donors (Lipinski definition) is 2. The first-order chi connectivity index (χ1) is 9.11. The maximum Gasteiger partial charge on any atom is 0.317 e. The molecule has 0 fully saturated rings. The van der Waals surface area contributed by atoms with Crippen molar-refractivity contribution in [2.75, 3.05) is 32.8 Å². The van der Waals surface area contributed by atoms with Crippen LogP contribution in [0.1, 0.15) is 39.5 Å². The maximum atomic E-state index is 11.7. The molecule has 0 heterocycles. The molecular weight excluding hydrogens is 248 g/mol. The summed E-state index contributed by atoms with van der Waals surface area (Å²) in [5.74, 6) is -0.893. The summed E-state index contributed by atoms with van der Waals surface area (Å²) in [7, 11) is 0. The van der Waals surface area contributed by atoms with Gasteiger partial charge in [0.05, 0.1) is 6.42 Å². The molecule has 0 unspecified atom stereocenters. The van der Waals surface area contributed by atoms with Crippen molar-refractivity contribution in [3.63, 3.8) is 0 Å². The molecule has 0 aromatic carbocycles. The van der Waals surface area contributed by atoms with Crippen molar-refractivity contribution in [1.29, 1.82) is 0 Å². The van der Waals surface area contributed by atoms with Gasteiger partial charge in [-0.2, -0.15) is 0 Å². The number of nitrogens with one attached hydrogen (secondary N) is 1. The minimum absolute atomic E-state index is 0.0264. The fraction of sp³-hybridized carbons (Fsp3) is 0.846. The first kappa shape index (κ1) is 17.7. The summed E-state index contributed by atoms with van der Waals surface area (Å²) < 4.78 is 5.38. The first-order valence-electron chi connectivity index (χ1n) is 6.94. The molecule has 0 bridgehead atoms. The van der Waals surface area contributed by atoms with Crippen LogP contribution in [0.5, 0.6) is 0 Å². The molecule has 0 aliphatic carbocycles. The summed E-state index contributed by atoms with van der Waals surface area (Å²) in [6.07, 6.45) is 2.92. The highest BCUT2D eigenvalue weighted by Crippen LogP contribution is 1.94. The number of nitrogens with zero attached hydrogens (tertiary/aromatic N) is 1. The van der Waals surface area contributed by atoms with E-state index in [9.17, 15) is 9.59 Å². The lowest BCUT2D eigenvalue weighted by molar-refractivity contribution is -0.137. The van der Waals surface area contributed by atoms with Gasteiger partial charge in [-0.1, -0.05) is 13.3 Å². The number of carboxylic acid groups (broad SMARTS) is 1. The van der Waals surface area contributed by atoms with Gasteiger partial charge in [-0.15, -0.1) is 0 Å². The number of unbranched alkanes of at least 4 members (excludes halogenated alkanes) is 1. The van der Waals surface area contributed by atoms with Crippen LogP contribution in [0.3, 0.4) is 0 Å². The molecule has 0 spiro atoms. The van der Waals surface area contributed by atoms with Gasteiger partial charge in [0.1, 0.15) is 0 Å². The smallest absolute Gasteiger partial charge is 0.317 e. The Kier molecular flexibility index (Phi) is 11.0. The Morgan fingerprint density at radius 3 is 2.47 bits per heavy atom. The van der Waals surface area contributed by atoms with E-state index in [1.54, 1.807) is 0 Å². The van der Waals surface area contributed by atoms with Crippen LogP contribution >= 0.6 is 0 Å². The van der Waals surface area contributed by atoms with Gasteiger partial charge in [0.2, 0.25) is 0 Å². The molecular formula is C13H26N2O4. The molecule has 0 aromatic heterocycles. The van der Waals surface area contributed by atoms with Gasteiger partial charge in [-0.3, -0.25) is 4.79 Å². The second-order valence-corrected chi connectivity index (χ2v) is 4.27. The SMILES string of the molecule is CCCCOCCCNC(=O)N(CC)CCC(=O)O. The van der Waals surface area contributed by atoms with Crippen molar-refractivity contribution in [2.24, 2.45) is 0 Å². The quantitative estimate of drug-likeness (QED) is 0.562. The topological polar surface area (TPSA) is 78.9 Å². The molecule has 112 valence electrons. The zero-order valence-electron chi connectivity index (χ0n) is 12.0. The summed E-state index contributed by atoms with van der Waals surface area (Å²) in [4.78, 5) is 23.6. The number of amides is 2. The molecule has 19 heavy (non-hydrogen) atoms. The summed E-state index contributed by atoms with van der Waals surface area (Å²) in [6.45, 7) is 6.65. The van der Waals surface area contributed by atoms with E-state index < -0.39 is 5.97 Å². The van der Waals surface area contributed by atoms with E-state index in [1.165, 1.54) is 4.90 Å². The van der Waals surface area contributed by atoms with Crippen LogP contribution in [0.25, 0.3) is 0 Å². The third kappa shape index (κ3) is 10.3. The Hall–Kier alpha value is -1.30. The minimum Gasteiger partial charge on any atom is -0.481 e. The summed E-state index contributed by atoms with van der Waals surface area (Å²) >= 11 is 0. The standard InChI is InChI=1S/C13H26N2O4/c1-3-5-10-19-11-6-8-14-13(18)15(4-2)9-7-12(16)17/h3-11H2,1-2H3,(H,14,18)(H,16,17). The monoisotopic (exact) mass is 274 g/mol. The average Bonchev–Trinajstić information content (AvgIpc) is 2.38. The summed E-state index contributed by atoms with van der Waals surface area (Å²) in [6, 6.07) is -0.211. The predicted octanol–water partition coefficient (Wildman–Crippen LogP) is 1.70. The van der Waals surface area contributed by atoms with Crippen molar-refractivity contribution < 1.29 is 19.4 Å². The van der Waals surface area contributed by atoms with Crippen LogP contribution in [0.4, 0.5) is 4.79 Å². The van der Waals surface area contributed by atoms with E-state index in [2.05, 4.69) is 12.2 Å². The molecule has 6 nitrogen and oxygen atoms in total. The zero-order chi connectivity index (χ0) is 14.5. The van der Waals surface area contributed by atoms with Crippen molar-refractivity contribution in [3.8, 4) is 0 Å². The van der Waals surface area contributed by atoms with E-state index in [-0.39, 0.29) is 19.0 Å². The second-order valence-electron chi connectivity index (χ2n) is 4.27. The number of aliphatic carboxylic acids is 1. The molecule has 0 aliphatic heterocycles. The molecule has 2 N–H and O–H groups in total. The highest BCUT2D eigenvalue weighted by Gasteiger charge is 2.11. The third-order valence-corrected chi connectivity index (χ3v) is 2.65. The molecule has 0 aromatic rings. The van der Waals surface area contributed by atoms with Crippen LogP contribution in [-0.2, 0) is 9.53 Å².